The van der Waals surface area contributed by atoms with E-state index in [9.17, 15) is 4.79 Å². The lowest BCUT2D eigenvalue weighted by Crippen LogP contribution is -2.52. The smallest absolute Gasteiger partial charge is 0.307 e. The Morgan fingerprint density at radius 2 is 1.91 bits per heavy atom. The summed E-state index contributed by atoms with van der Waals surface area (Å²) in [7, 11) is 0. The largest absolute Gasteiger partial charge is 0.431 e. The van der Waals surface area contributed by atoms with Gasteiger partial charge >= 0.3 is 5.97 Å². The molecule has 0 aromatic carbocycles. The molecule has 6 atom stereocenters. The van der Waals surface area contributed by atoms with Crippen molar-refractivity contribution in [3.05, 3.63) is 11.8 Å². The van der Waals surface area contributed by atoms with Crippen molar-refractivity contribution >= 4 is 5.97 Å². The number of rotatable bonds is 1. The van der Waals surface area contributed by atoms with E-state index < -0.39 is 0 Å². The van der Waals surface area contributed by atoms with E-state index in [1.165, 1.54) is 51.4 Å². The molecule has 0 aromatic rings. The topological polar surface area (TPSA) is 26.3 Å². The van der Waals surface area contributed by atoms with Gasteiger partial charge in [0.2, 0.25) is 0 Å². The number of hydrogen-bond acceptors (Lipinski definition) is 2. The van der Waals surface area contributed by atoms with Crippen molar-refractivity contribution in [3.8, 4) is 0 Å². The van der Waals surface area contributed by atoms with Crippen molar-refractivity contribution in [2.24, 2.45) is 34.5 Å². The maximum absolute atomic E-state index is 11.5. The number of ether oxygens (including phenoxy) is 1. The molecule has 0 bridgehead atoms. The number of esters is 1. The molecule has 0 aliphatic heterocycles. The van der Waals surface area contributed by atoms with Gasteiger partial charge in [-0.1, -0.05) is 20.3 Å². The van der Waals surface area contributed by atoms with E-state index in [1.54, 1.807) is 6.92 Å². The first-order valence-electron chi connectivity index (χ1n) is 9.82. The molecule has 0 aromatic heterocycles. The van der Waals surface area contributed by atoms with E-state index in [1.807, 2.05) is 0 Å². The molecular formula is C21H32O2. The lowest BCUT2D eigenvalue weighted by molar-refractivity contribution is -0.142. The molecule has 0 spiro atoms. The standard InChI is InChI=1S/C21H32O2/c1-14(22)23-19-7-5-12-21(3)17-10-13-20(2)11-4-6-16(20)15(17)8-9-18(19)21/h7,15-18H,4-6,8-13H2,1-3H3/t15-,16-,17-,18-,20-,21+/m0/s1. The quantitative estimate of drug-likeness (QED) is 0.599. The van der Waals surface area contributed by atoms with Crippen molar-refractivity contribution in [2.45, 2.75) is 78.6 Å². The van der Waals surface area contributed by atoms with Gasteiger partial charge in [-0.3, -0.25) is 4.79 Å². The molecule has 4 rings (SSSR count). The Kier molecular flexibility index (Phi) is 3.66. The Morgan fingerprint density at radius 3 is 2.70 bits per heavy atom. The first kappa shape index (κ1) is 15.7. The number of carbonyl (C=O) groups is 1. The van der Waals surface area contributed by atoms with Crippen LogP contribution in [0.1, 0.15) is 78.6 Å². The number of carbonyl (C=O) groups excluding carboxylic acids is 1. The molecular weight excluding hydrogens is 284 g/mol. The molecule has 2 nitrogen and oxygen atoms in total. The summed E-state index contributed by atoms with van der Waals surface area (Å²) in [6.07, 6.45) is 14.3. The van der Waals surface area contributed by atoms with Gasteiger partial charge in [-0.2, -0.15) is 0 Å². The Bertz CT molecular complexity index is 536. The van der Waals surface area contributed by atoms with Crippen LogP contribution >= 0.6 is 0 Å². The Balaban J connectivity index is 1.62. The summed E-state index contributed by atoms with van der Waals surface area (Å²) in [5, 5.41) is 0. The molecule has 3 fully saturated rings. The highest BCUT2D eigenvalue weighted by Gasteiger charge is 2.58. The lowest BCUT2D eigenvalue weighted by Gasteiger charge is -2.59. The molecule has 0 radical (unpaired) electrons. The van der Waals surface area contributed by atoms with E-state index in [0.29, 0.717) is 16.7 Å². The molecule has 4 aliphatic rings. The summed E-state index contributed by atoms with van der Waals surface area (Å²) in [5.41, 5.74) is 0.986. The van der Waals surface area contributed by atoms with Gasteiger partial charge in [0.1, 0.15) is 5.76 Å². The Hall–Kier alpha value is -0.790. The third-order valence-corrected chi connectivity index (χ3v) is 8.28. The zero-order valence-corrected chi connectivity index (χ0v) is 15.1. The molecule has 23 heavy (non-hydrogen) atoms. The third kappa shape index (κ3) is 2.31. The lowest BCUT2D eigenvalue weighted by atomic mass is 9.46. The Morgan fingerprint density at radius 1 is 1.09 bits per heavy atom. The first-order chi connectivity index (χ1) is 10.9. The zero-order chi connectivity index (χ0) is 16.2. The number of hydrogen-bond donors (Lipinski definition) is 0. The predicted molar refractivity (Wildman–Crippen MR) is 91.6 cm³/mol. The number of fused-ring (bicyclic) bond motifs is 5. The van der Waals surface area contributed by atoms with E-state index in [0.717, 1.165) is 29.9 Å². The summed E-state index contributed by atoms with van der Waals surface area (Å²) < 4.78 is 5.63. The maximum atomic E-state index is 11.5. The van der Waals surface area contributed by atoms with Crippen molar-refractivity contribution in [1.29, 1.82) is 0 Å². The van der Waals surface area contributed by atoms with Crippen molar-refractivity contribution in [2.75, 3.05) is 0 Å². The molecule has 0 N–H and O–H groups in total. The molecule has 0 amide bonds. The fraction of sp³-hybridized carbons (Fsp3) is 0.857. The van der Waals surface area contributed by atoms with E-state index in [2.05, 4.69) is 19.9 Å². The highest BCUT2D eigenvalue weighted by Crippen LogP contribution is 2.66. The van der Waals surface area contributed by atoms with Gasteiger partial charge in [0.25, 0.3) is 0 Å². The van der Waals surface area contributed by atoms with Crippen molar-refractivity contribution in [1.82, 2.24) is 0 Å². The van der Waals surface area contributed by atoms with Gasteiger partial charge in [-0.15, -0.1) is 0 Å². The second-order valence-electron chi connectivity index (χ2n) is 9.34. The molecule has 2 heteroatoms. The molecule has 0 saturated heterocycles. The van der Waals surface area contributed by atoms with Gasteiger partial charge in [0.05, 0.1) is 0 Å². The van der Waals surface area contributed by atoms with Crippen LogP contribution in [0.15, 0.2) is 11.8 Å². The maximum Gasteiger partial charge on any atom is 0.307 e. The van der Waals surface area contributed by atoms with Gasteiger partial charge in [-0.05, 0) is 86.0 Å². The summed E-state index contributed by atoms with van der Waals surface area (Å²) in [6.45, 7) is 6.63. The minimum Gasteiger partial charge on any atom is -0.431 e. The van der Waals surface area contributed by atoms with E-state index >= 15 is 0 Å². The van der Waals surface area contributed by atoms with Crippen LogP contribution < -0.4 is 0 Å². The van der Waals surface area contributed by atoms with Gasteiger partial charge in [0, 0.05) is 12.8 Å². The first-order valence-corrected chi connectivity index (χ1v) is 9.82. The molecule has 3 saturated carbocycles. The molecule has 0 heterocycles. The zero-order valence-electron chi connectivity index (χ0n) is 15.1. The van der Waals surface area contributed by atoms with Gasteiger partial charge < -0.3 is 4.74 Å². The molecule has 128 valence electrons. The van der Waals surface area contributed by atoms with Crippen LogP contribution in [-0.4, -0.2) is 5.97 Å². The second-order valence-corrected chi connectivity index (χ2v) is 9.34. The van der Waals surface area contributed by atoms with Crippen molar-refractivity contribution < 1.29 is 9.53 Å². The highest BCUT2D eigenvalue weighted by atomic mass is 16.5. The molecule has 0 unspecified atom stereocenters. The average molecular weight is 316 g/mol. The highest BCUT2D eigenvalue weighted by molar-refractivity contribution is 5.67. The fourth-order valence-corrected chi connectivity index (χ4v) is 7.22. The fourth-order valence-electron chi connectivity index (χ4n) is 7.22. The summed E-state index contributed by atoms with van der Waals surface area (Å²) in [5.74, 6) is 4.07. The van der Waals surface area contributed by atoms with Crippen LogP contribution in [0.25, 0.3) is 0 Å². The molecule has 4 aliphatic carbocycles. The SMILES string of the molecule is CC(=O)OC1=CCC[C@@]2(C)[C@H]1CC[C@H]1[C@@H]3CCC[C@@]3(C)CC[C@@H]12. The van der Waals surface area contributed by atoms with Crippen LogP contribution in [0.5, 0.6) is 0 Å². The second kappa shape index (κ2) is 5.36. The Labute approximate surface area is 141 Å². The van der Waals surface area contributed by atoms with Crippen LogP contribution in [0, 0.1) is 34.5 Å². The summed E-state index contributed by atoms with van der Waals surface area (Å²) >= 11 is 0. The van der Waals surface area contributed by atoms with Crippen LogP contribution in [0.4, 0.5) is 0 Å². The normalized spacial score (nSPS) is 48.7. The minimum absolute atomic E-state index is 0.144. The van der Waals surface area contributed by atoms with Crippen LogP contribution in [0.2, 0.25) is 0 Å². The van der Waals surface area contributed by atoms with Crippen LogP contribution in [0.3, 0.4) is 0 Å². The summed E-state index contributed by atoms with van der Waals surface area (Å²) in [4.78, 5) is 11.5. The van der Waals surface area contributed by atoms with Crippen LogP contribution in [-0.2, 0) is 9.53 Å². The van der Waals surface area contributed by atoms with Gasteiger partial charge in [0.15, 0.2) is 0 Å². The third-order valence-electron chi connectivity index (χ3n) is 8.28. The van der Waals surface area contributed by atoms with E-state index in [4.69, 9.17) is 4.74 Å². The predicted octanol–water partition coefficient (Wildman–Crippen LogP) is 5.48. The minimum atomic E-state index is -0.144. The van der Waals surface area contributed by atoms with Crippen molar-refractivity contribution in [3.63, 3.8) is 0 Å². The van der Waals surface area contributed by atoms with E-state index in [-0.39, 0.29) is 5.97 Å². The monoisotopic (exact) mass is 316 g/mol. The summed E-state index contributed by atoms with van der Waals surface area (Å²) in [6, 6.07) is 0. The van der Waals surface area contributed by atoms with Gasteiger partial charge in [-0.25, -0.2) is 0 Å². The number of allylic oxidation sites excluding steroid dienone is 2. The average Bonchev–Trinajstić information content (AvgIpc) is 2.88.